The topological polar surface area (TPSA) is 67.9 Å². The van der Waals surface area contributed by atoms with E-state index in [0.717, 1.165) is 19.3 Å². The molecule has 180 valence electrons. The number of likely N-dealkylation sites (tertiary alicyclic amines) is 1. The molecule has 0 aromatic heterocycles. The normalized spacial score (nSPS) is 20.0. The van der Waals surface area contributed by atoms with E-state index >= 15 is 0 Å². The van der Waals surface area contributed by atoms with E-state index in [1.54, 1.807) is 29.2 Å². The van der Waals surface area contributed by atoms with Crippen molar-refractivity contribution in [2.45, 2.75) is 69.7 Å². The zero-order chi connectivity index (χ0) is 22.4. The third kappa shape index (κ3) is 6.53. The summed E-state index contributed by atoms with van der Waals surface area (Å²) < 4.78 is 26.3. The van der Waals surface area contributed by atoms with Crippen LogP contribution in [0, 0.1) is 0 Å². The van der Waals surface area contributed by atoms with Crippen molar-refractivity contribution in [3.05, 3.63) is 60.7 Å². The first-order valence-corrected chi connectivity index (χ1v) is 13.3. The van der Waals surface area contributed by atoms with Crippen LogP contribution >= 0.6 is 20.0 Å². The number of amides is 1. The SMILES string of the molecule is C[C@H](NC1CCCCC1)C(=O)N1CCC[C@@H]1P(=O)(Oc1ccccc1)Oc1ccccc1.Cl. The van der Waals surface area contributed by atoms with Gasteiger partial charge in [0.05, 0.1) is 6.04 Å². The molecule has 1 aliphatic heterocycles. The van der Waals surface area contributed by atoms with Crippen LogP contribution in [0.1, 0.15) is 51.9 Å². The summed E-state index contributed by atoms with van der Waals surface area (Å²) in [7, 11) is -3.73. The first-order valence-electron chi connectivity index (χ1n) is 11.7. The molecule has 33 heavy (non-hydrogen) atoms. The van der Waals surface area contributed by atoms with Gasteiger partial charge in [-0.05, 0) is 56.9 Å². The van der Waals surface area contributed by atoms with Gasteiger partial charge in [-0.25, -0.2) is 4.57 Å². The summed E-state index contributed by atoms with van der Waals surface area (Å²) in [4.78, 5) is 15.1. The van der Waals surface area contributed by atoms with Crippen molar-refractivity contribution in [3.63, 3.8) is 0 Å². The van der Waals surface area contributed by atoms with Gasteiger partial charge in [0.25, 0.3) is 0 Å². The third-order valence-corrected chi connectivity index (χ3v) is 8.48. The van der Waals surface area contributed by atoms with Crippen molar-refractivity contribution in [2.24, 2.45) is 0 Å². The number of nitrogens with zero attached hydrogens (tertiary/aromatic N) is 1. The Morgan fingerprint density at radius 3 is 2.00 bits per heavy atom. The van der Waals surface area contributed by atoms with Crippen molar-refractivity contribution in [1.82, 2.24) is 10.2 Å². The summed E-state index contributed by atoms with van der Waals surface area (Å²) in [5.41, 5.74) is 0. The number of hydrogen-bond acceptors (Lipinski definition) is 5. The lowest BCUT2D eigenvalue weighted by molar-refractivity contribution is -0.133. The average molecular weight is 493 g/mol. The summed E-state index contributed by atoms with van der Waals surface area (Å²) in [5, 5.41) is 3.50. The molecular weight excluding hydrogens is 459 g/mol. The van der Waals surface area contributed by atoms with E-state index in [-0.39, 0.29) is 24.4 Å². The van der Waals surface area contributed by atoms with Gasteiger partial charge in [0.1, 0.15) is 11.5 Å². The number of carbonyl (C=O) groups is 1. The van der Waals surface area contributed by atoms with E-state index in [4.69, 9.17) is 9.05 Å². The van der Waals surface area contributed by atoms with Crippen LogP contribution in [0.15, 0.2) is 60.7 Å². The molecule has 4 rings (SSSR count). The molecule has 8 heteroatoms. The second kappa shape index (κ2) is 11.9. The molecule has 0 bridgehead atoms. The van der Waals surface area contributed by atoms with Crippen LogP contribution in [0.5, 0.6) is 11.5 Å². The van der Waals surface area contributed by atoms with Crippen molar-refractivity contribution in [1.29, 1.82) is 0 Å². The highest BCUT2D eigenvalue weighted by Crippen LogP contribution is 2.57. The van der Waals surface area contributed by atoms with Crippen molar-refractivity contribution < 1.29 is 18.4 Å². The second-order valence-corrected chi connectivity index (χ2v) is 10.8. The van der Waals surface area contributed by atoms with Gasteiger partial charge in [0, 0.05) is 12.6 Å². The number of benzene rings is 2. The lowest BCUT2D eigenvalue weighted by atomic mass is 9.95. The van der Waals surface area contributed by atoms with Crippen LogP contribution in [0.25, 0.3) is 0 Å². The highest BCUT2D eigenvalue weighted by molar-refractivity contribution is 7.55. The zero-order valence-corrected chi connectivity index (χ0v) is 20.8. The number of carbonyl (C=O) groups excluding carboxylic acids is 1. The minimum atomic E-state index is -3.73. The van der Waals surface area contributed by atoms with Gasteiger partial charge >= 0.3 is 7.60 Å². The van der Waals surface area contributed by atoms with Crippen LogP contribution in [0.2, 0.25) is 0 Å². The number of rotatable bonds is 8. The molecule has 0 spiro atoms. The molecule has 2 aromatic rings. The van der Waals surface area contributed by atoms with E-state index in [1.807, 2.05) is 43.3 Å². The van der Waals surface area contributed by atoms with Crippen molar-refractivity contribution in [3.8, 4) is 11.5 Å². The second-order valence-electron chi connectivity index (χ2n) is 8.73. The molecular formula is C25H34ClN2O4P. The Labute approximate surface area is 203 Å². The molecule has 2 atom stereocenters. The first kappa shape index (κ1) is 25.6. The van der Waals surface area contributed by atoms with Gasteiger partial charge in [0.15, 0.2) is 5.78 Å². The molecule has 1 N–H and O–H groups in total. The van der Waals surface area contributed by atoms with Gasteiger partial charge in [-0.1, -0.05) is 55.7 Å². The Hall–Kier alpha value is -2.01. The third-order valence-electron chi connectivity index (χ3n) is 6.28. The fourth-order valence-corrected chi connectivity index (χ4v) is 6.86. The lowest BCUT2D eigenvalue weighted by Crippen LogP contribution is -2.50. The molecule has 1 saturated heterocycles. The minimum Gasteiger partial charge on any atom is -0.415 e. The average Bonchev–Trinajstić information content (AvgIpc) is 3.31. The number of para-hydroxylation sites is 2. The highest BCUT2D eigenvalue weighted by Gasteiger charge is 2.48. The van der Waals surface area contributed by atoms with Gasteiger partial charge in [-0.3, -0.25) is 4.79 Å². The van der Waals surface area contributed by atoms with E-state index in [0.29, 0.717) is 30.5 Å². The van der Waals surface area contributed by atoms with Crippen molar-refractivity contribution >= 4 is 25.9 Å². The van der Waals surface area contributed by atoms with Gasteiger partial charge < -0.3 is 19.3 Å². The summed E-state index contributed by atoms with van der Waals surface area (Å²) in [6.45, 7) is 2.47. The predicted molar refractivity (Wildman–Crippen MR) is 133 cm³/mol. The summed E-state index contributed by atoms with van der Waals surface area (Å²) in [5.74, 6) is 0.288. The Bertz CT molecular complexity index is 879. The molecule has 0 radical (unpaired) electrons. The quantitative estimate of drug-likeness (QED) is 0.456. The van der Waals surface area contributed by atoms with Crippen LogP contribution in [0.3, 0.4) is 0 Å². The molecule has 2 fully saturated rings. The summed E-state index contributed by atoms with van der Waals surface area (Å²) >= 11 is 0. The highest BCUT2D eigenvalue weighted by atomic mass is 35.5. The van der Waals surface area contributed by atoms with Crippen LogP contribution in [0.4, 0.5) is 0 Å². The van der Waals surface area contributed by atoms with Gasteiger partial charge in [-0.15, -0.1) is 12.4 Å². The van der Waals surface area contributed by atoms with Gasteiger partial charge in [0.2, 0.25) is 5.91 Å². The maximum Gasteiger partial charge on any atom is 0.453 e. The molecule has 2 aliphatic rings. The summed E-state index contributed by atoms with van der Waals surface area (Å²) in [6, 6.07) is 18.1. The fraction of sp³-hybridized carbons (Fsp3) is 0.480. The van der Waals surface area contributed by atoms with Gasteiger partial charge in [-0.2, -0.15) is 0 Å². The monoisotopic (exact) mass is 492 g/mol. The van der Waals surface area contributed by atoms with Crippen molar-refractivity contribution in [2.75, 3.05) is 6.54 Å². The van der Waals surface area contributed by atoms with E-state index in [9.17, 15) is 9.36 Å². The first-order chi connectivity index (χ1) is 15.5. The molecule has 1 saturated carbocycles. The Morgan fingerprint density at radius 1 is 0.909 bits per heavy atom. The van der Waals surface area contributed by atoms with Crippen LogP contribution in [-0.2, 0) is 9.36 Å². The fourth-order valence-electron chi connectivity index (χ4n) is 4.67. The lowest BCUT2D eigenvalue weighted by Gasteiger charge is -2.34. The zero-order valence-electron chi connectivity index (χ0n) is 19.1. The Kier molecular flexibility index (Phi) is 9.25. The predicted octanol–water partition coefficient (Wildman–Crippen LogP) is 6.02. The Morgan fingerprint density at radius 2 is 1.45 bits per heavy atom. The van der Waals surface area contributed by atoms with Crippen LogP contribution in [-0.4, -0.2) is 35.2 Å². The molecule has 1 aliphatic carbocycles. The minimum absolute atomic E-state index is 0. The summed E-state index contributed by atoms with van der Waals surface area (Å²) in [6.07, 6.45) is 7.24. The van der Waals surface area contributed by atoms with E-state index in [2.05, 4.69) is 5.32 Å². The van der Waals surface area contributed by atoms with Crippen LogP contribution < -0.4 is 14.4 Å². The molecule has 1 amide bonds. The number of hydrogen-bond donors (Lipinski definition) is 1. The largest absolute Gasteiger partial charge is 0.453 e. The maximum absolute atomic E-state index is 14.2. The molecule has 1 heterocycles. The number of nitrogens with one attached hydrogen (secondary N) is 1. The maximum atomic E-state index is 14.2. The Balaban J connectivity index is 0.00000306. The molecule has 2 aromatic carbocycles. The molecule has 6 nitrogen and oxygen atoms in total. The standard InChI is InChI=1S/C25H33N2O4P.ClH/c1-20(26-21-12-5-2-6-13-21)25(28)27-19-11-18-24(27)32(29,30-22-14-7-3-8-15-22)31-23-16-9-4-10-17-23;/h3-4,7-10,14-17,20-21,24,26H,2,5-6,11-13,18-19H2,1H3;1H/t20-,24-;/m0./s1. The van der Waals surface area contributed by atoms with E-state index in [1.165, 1.54) is 19.3 Å². The smallest absolute Gasteiger partial charge is 0.415 e. The number of halogens is 1. The molecule has 0 unspecified atom stereocenters. The van der Waals surface area contributed by atoms with E-state index < -0.39 is 13.4 Å².